The molecule has 0 unspecified atom stereocenters. The van der Waals surface area contributed by atoms with E-state index in [0.717, 1.165) is 92.2 Å². The summed E-state index contributed by atoms with van der Waals surface area (Å²) < 4.78 is 7.86. The molecule has 0 saturated carbocycles. The largest absolute Gasteiger partial charge is 0.381 e. The molecule has 3 aromatic rings. The molecule has 0 atom stereocenters. The van der Waals surface area contributed by atoms with Crippen molar-refractivity contribution in [2.24, 2.45) is 0 Å². The maximum Gasteiger partial charge on any atom is 0.317 e. The summed E-state index contributed by atoms with van der Waals surface area (Å²) >= 11 is 0. The monoisotopic (exact) mass is 525 g/mol. The summed E-state index contributed by atoms with van der Waals surface area (Å²) in [7, 11) is 1.68. The second-order valence-electron chi connectivity index (χ2n) is 10.5. The van der Waals surface area contributed by atoms with Gasteiger partial charge < -0.3 is 19.9 Å². The molecule has 1 aromatic carbocycles. The van der Waals surface area contributed by atoms with Gasteiger partial charge in [0, 0.05) is 79.7 Å². The SMILES string of the molecule is CCc1ccc(-c2cc3c(cc2C#N)N(c2nn(C4CCOCC4)c4c2CN(C(=O)NC)CC4)CCC3)cn1. The molecule has 3 aliphatic rings. The van der Waals surface area contributed by atoms with Crippen LogP contribution in [0.3, 0.4) is 0 Å². The number of aromatic nitrogens is 3. The van der Waals surface area contributed by atoms with Gasteiger partial charge in [0.25, 0.3) is 0 Å². The molecule has 39 heavy (non-hydrogen) atoms. The fraction of sp³-hybridized carbons (Fsp3) is 0.467. The van der Waals surface area contributed by atoms with Crippen molar-refractivity contribution in [2.45, 2.75) is 58.0 Å². The van der Waals surface area contributed by atoms with Gasteiger partial charge in [-0.15, -0.1) is 0 Å². The van der Waals surface area contributed by atoms with Crippen LogP contribution in [0.4, 0.5) is 16.3 Å². The van der Waals surface area contributed by atoms with Gasteiger partial charge in [0.05, 0.1) is 24.2 Å². The quantitative estimate of drug-likeness (QED) is 0.538. The Bertz CT molecular complexity index is 1420. The predicted octanol–water partition coefficient (Wildman–Crippen LogP) is 4.51. The number of urea groups is 1. The minimum Gasteiger partial charge on any atom is -0.381 e. The van der Waals surface area contributed by atoms with Crippen molar-refractivity contribution < 1.29 is 9.53 Å². The smallest absolute Gasteiger partial charge is 0.317 e. The molecule has 0 radical (unpaired) electrons. The number of fused-ring (bicyclic) bond motifs is 2. The van der Waals surface area contributed by atoms with Gasteiger partial charge >= 0.3 is 6.03 Å². The van der Waals surface area contributed by atoms with Crippen LogP contribution in [0.2, 0.25) is 0 Å². The van der Waals surface area contributed by atoms with E-state index in [1.165, 1.54) is 11.3 Å². The molecule has 1 fully saturated rings. The lowest BCUT2D eigenvalue weighted by atomic mass is 9.92. The second-order valence-corrected chi connectivity index (χ2v) is 10.5. The van der Waals surface area contributed by atoms with Gasteiger partial charge in [0.2, 0.25) is 0 Å². The summed E-state index contributed by atoms with van der Waals surface area (Å²) in [5, 5.41) is 18.2. The molecule has 202 valence electrons. The van der Waals surface area contributed by atoms with Gasteiger partial charge in [0.1, 0.15) is 0 Å². The van der Waals surface area contributed by atoms with Crippen molar-refractivity contribution in [1.29, 1.82) is 5.26 Å². The van der Waals surface area contributed by atoms with Crippen LogP contribution in [0.25, 0.3) is 11.1 Å². The maximum atomic E-state index is 12.6. The molecule has 5 heterocycles. The number of hydrogen-bond donors (Lipinski definition) is 1. The van der Waals surface area contributed by atoms with E-state index in [9.17, 15) is 10.1 Å². The van der Waals surface area contributed by atoms with Crippen LogP contribution in [-0.2, 0) is 30.5 Å². The zero-order valence-electron chi connectivity index (χ0n) is 22.7. The Morgan fingerprint density at radius 3 is 2.77 bits per heavy atom. The zero-order chi connectivity index (χ0) is 26.9. The molecule has 2 aromatic heterocycles. The van der Waals surface area contributed by atoms with E-state index in [4.69, 9.17) is 9.84 Å². The molecule has 1 saturated heterocycles. The van der Waals surface area contributed by atoms with E-state index in [-0.39, 0.29) is 6.03 Å². The van der Waals surface area contributed by atoms with E-state index < -0.39 is 0 Å². The van der Waals surface area contributed by atoms with Crippen LogP contribution in [0, 0.1) is 11.3 Å². The van der Waals surface area contributed by atoms with E-state index in [2.05, 4.69) is 45.0 Å². The first-order valence-electron chi connectivity index (χ1n) is 14.1. The summed E-state index contributed by atoms with van der Waals surface area (Å²) in [6.45, 7) is 5.59. The van der Waals surface area contributed by atoms with Crippen molar-refractivity contribution in [3.63, 3.8) is 0 Å². The van der Waals surface area contributed by atoms with Crippen molar-refractivity contribution in [1.82, 2.24) is 25.0 Å². The van der Waals surface area contributed by atoms with Crippen LogP contribution in [0.5, 0.6) is 0 Å². The zero-order valence-corrected chi connectivity index (χ0v) is 22.7. The average molecular weight is 526 g/mol. The summed E-state index contributed by atoms with van der Waals surface area (Å²) in [6, 6.07) is 11.0. The van der Waals surface area contributed by atoms with Gasteiger partial charge in [-0.1, -0.05) is 13.0 Å². The summed E-state index contributed by atoms with van der Waals surface area (Å²) in [5.41, 5.74) is 8.15. The van der Waals surface area contributed by atoms with Crippen LogP contribution in [0.15, 0.2) is 30.5 Å². The lowest BCUT2D eigenvalue weighted by Crippen LogP contribution is -2.42. The number of ether oxygens (including phenoxy) is 1. The summed E-state index contributed by atoms with van der Waals surface area (Å²) in [6.07, 6.45) is 7.35. The van der Waals surface area contributed by atoms with Crippen LogP contribution in [-0.4, -0.2) is 59.0 Å². The number of rotatable bonds is 4. The summed E-state index contributed by atoms with van der Waals surface area (Å²) in [4.78, 5) is 21.3. The molecule has 3 aliphatic heterocycles. The number of nitriles is 1. The molecule has 0 bridgehead atoms. The van der Waals surface area contributed by atoms with Crippen LogP contribution < -0.4 is 10.2 Å². The number of nitrogens with zero attached hydrogens (tertiary/aromatic N) is 6. The molecule has 6 rings (SSSR count). The topological polar surface area (TPSA) is 99.3 Å². The highest BCUT2D eigenvalue weighted by Gasteiger charge is 2.34. The summed E-state index contributed by atoms with van der Waals surface area (Å²) in [5.74, 6) is 0.914. The van der Waals surface area contributed by atoms with Crippen LogP contribution >= 0.6 is 0 Å². The highest BCUT2D eigenvalue weighted by Crippen LogP contribution is 2.41. The lowest BCUT2D eigenvalue weighted by molar-refractivity contribution is 0.0651. The number of carbonyl (C=O) groups excluding carboxylic acids is 1. The molecule has 2 amide bonds. The Balaban J connectivity index is 1.43. The highest BCUT2D eigenvalue weighted by molar-refractivity contribution is 5.79. The first-order chi connectivity index (χ1) is 19.1. The van der Waals surface area contributed by atoms with E-state index in [0.29, 0.717) is 24.7 Å². The molecule has 1 N–H and O–H groups in total. The number of aryl methyl sites for hydroxylation is 2. The van der Waals surface area contributed by atoms with Crippen molar-refractivity contribution in [2.75, 3.05) is 38.3 Å². The Labute approximate surface area is 229 Å². The molecular formula is C30H35N7O2. The number of nitrogens with one attached hydrogen (secondary N) is 1. The normalized spacial score (nSPS) is 17.4. The van der Waals surface area contributed by atoms with Gasteiger partial charge in [-0.3, -0.25) is 9.67 Å². The lowest BCUT2D eigenvalue weighted by Gasteiger charge is -2.33. The predicted molar refractivity (Wildman–Crippen MR) is 149 cm³/mol. The van der Waals surface area contributed by atoms with Gasteiger partial charge in [-0.05, 0) is 55.9 Å². The van der Waals surface area contributed by atoms with Gasteiger partial charge in [-0.2, -0.15) is 10.4 Å². The second kappa shape index (κ2) is 10.7. The Hall–Kier alpha value is -3.90. The number of carbonyl (C=O) groups is 1. The number of hydrogen-bond acceptors (Lipinski definition) is 6. The first-order valence-corrected chi connectivity index (χ1v) is 14.1. The molecule has 0 aliphatic carbocycles. The van der Waals surface area contributed by atoms with Crippen molar-refractivity contribution in [3.05, 3.63) is 58.5 Å². The molecule has 0 spiro atoms. The Kier molecular flexibility index (Phi) is 6.96. The molecular weight excluding hydrogens is 490 g/mol. The van der Waals surface area contributed by atoms with E-state index in [1.54, 1.807) is 7.05 Å². The third-order valence-electron chi connectivity index (χ3n) is 8.31. The maximum absolute atomic E-state index is 12.6. The third kappa shape index (κ3) is 4.63. The van der Waals surface area contributed by atoms with Gasteiger partial charge in [-0.25, -0.2) is 4.79 Å². The Morgan fingerprint density at radius 1 is 1.21 bits per heavy atom. The number of amides is 2. The number of anilines is 2. The van der Waals surface area contributed by atoms with E-state index >= 15 is 0 Å². The third-order valence-corrected chi connectivity index (χ3v) is 8.31. The van der Waals surface area contributed by atoms with Crippen molar-refractivity contribution >= 4 is 17.5 Å². The minimum atomic E-state index is -0.0661. The first kappa shape index (κ1) is 25.4. The van der Waals surface area contributed by atoms with E-state index in [1.807, 2.05) is 23.2 Å². The minimum absolute atomic E-state index is 0.0661. The van der Waals surface area contributed by atoms with Gasteiger partial charge in [0.15, 0.2) is 5.82 Å². The number of pyridine rings is 1. The standard InChI is InChI=1S/C30H35N7O2/c1-3-23-7-6-21(18-33-23)25-15-20-5-4-11-36(28(20)16-22(25)17-31)29-26-19-35(30(38)32-2)12-8-27(26)37(34-29)24-9-13-39-14-10-24/h6-7,15-16,18,24H,3-5,8-14,19H2,1-2H3,(H,32,38). The van der Waals surface area contributed by atoms with Crippen LogP contribution in [0.1, 0.15) is 60.3 Å². The fourth-order valence-electron chi connectivity index (χ4n) is 6.19. The average Bonchev–Trinajstić information content (AvgIpc) is 3.38. The molecule has 9 heteroatoms. The van der Waals surface area contributed by atoms with Crippen molar-refractivity contribution in [3.8, 4) is 17.2 Å². The fourth-order valence-corrected chi connectivity index (χ4v) is 6.19. The highest BCUT2D eigenvalue weighted by atomic mass is 16.5. The Morgan fingerprint density at radius 2 is 2.05 bits per heavy atom. The molecule has 9 nitrogen and oxygen atoms in total. The number of benzene rings is 1.